The summed E-state index contributed by atoms with van der Waals surface area (Å²) in [6, 6.07) is 62.1. The fourth-order valence-corrected chi connectivity index (χ4v) is 8.49. The van der Waals surface area contributed by atoms with Crippen molar-refractivity contribution in [2.75, 3.05) is 0 Å². The number of rotatable bonds is 2. The Morgan fingerprint density at radius 3 is 1.13 bits per heavy atom. The van der Waals surface area contributed by atoms with Crippen LogP contribution in [0, 0.1) is 0 Å². The van der Waals surface area contributed by atoms with Crippen molar-refractivity contribution in [3.05, 3.63) is 192 Å². The van der Waals surface area contributed by atoms with E-state index in [-0.39, 0.29) is 0 Å². The van der Waals surface area contributed by atoms with Crippen molar-refractivity contribution in [2.24, 2.45) is 0 Å². The molecule has 52 heavy (non-hydrogen) atoms. The summed E-state index contributed by atoms with van der Waals surface area (Å²) in [5, 5.41) is 2.38. The molecule has 2 heterocycles. The van der Waals surface area contributed by atoms with E-state index in [4.69, 9.17) is 9.97 Å². The van der Waals surface area contributed by atoms with E-state index in [1.165, 1.54) is 88.7 Å². The second-order valence-electron chi connectivity index (χ2n) is 14.1. The maximum atomic E-state index is 5.18. The molecule has 0 unspecified atom stereocenters. The molecule has 0 saturated carbocycles. The predicted molar refractivity (Wildman–Crippen MR) is 215 cm³/mol. The monoisotopic (exact) mass is 660 g/mol. The summed E-state index contributed by atoms with van der Waals surface area (Å²) in [6.07, 6.45) is 1.71. The highest BCUT2D eigenvalue weighted by atomic mass is 14.7. The average Bonchev–Trinajstić information content (AvgIpc) is 3.42. The molecule has 0 radical (unpaired) electrons. The summed E-state index contributed by atoms with van der Waals surface area (Å²) >= 11 is 0. The zero-order chi connectivity index (χ0) is 34.2. The van der Waals surface area contributed by atoms with Crippen molar-refractivity contribution in [1.29, 1.82) is 0 Å². The van der Waals surface area contributed by atoms with E-state index in [0.29, 0.717) is 0 Å². The number of pyridine rings is 2. The molecule has 2 nitrogen and oxygen atoms in total. The molecule has 0 fully saturated rings. The van der Waals surface area contributed by atoms with Gasteiger partial charge in [0, 0.05) is 34.7 Å². The largest absolute Gasteiger partial charge is 0.247 e. The molecule has 0 spiro atoms. The van der Waals surface area contributed by atoms with E-state index in [2.05, 4.69) is 170 Å². The van der Waals surface area contributed by atoms with Crippen LogP contribution in [0.1, 0.15) is 22.3 Å². The quantitative estimate of drug-likeness (QED) is 0.184. The van der Waals surface area contributed by atoms with Crippen molar-refractivity contribution in [2.45, 2.75) is 12.8 Å². The van der Waals surface area contributed by atoms with Gasteiger partial charge in [-0.2, -0.15) is 0 Å². The maximum Gasteiger partial charge on any atom is 0.0751 e. The first-order valence-corrected chi connectivity index (χ1v) is 18.1. The number of aromatic nitrogens is 2. The van der Waals surface area contributed by atoms with Crippen LogP contribution in [0.25, 0.3) is 88.8 Å². The van der Waals surface area contributed by atoms with Crippen molar-refractivity contribution in [3.63, 3.8) is 0 Å². The Morgan fingerprint density at radius 2 is 0.673 bits per heavy atom. The number of nitrogens with zero attached hydrogens (tertiary/aromatic N) is 2. The molecule has 11 rings (SSSR count). The minimum absolute atomic E-state index is 0.857. The Kier molecular flexibility index (Phi) is 6.41. The third kappa shape index (κ3) is 4.65. The Morgan fingerprint density at radius 1 is 0.288 bits per heavy atom. The van der Waals surface area contributed by atoms with Crippen LogP contribution >= 0.6 is 0 Å². The SMILES string of the molecule is c1ccc2c(c1)-c1cc(-c3ccc(-c4ccc5c(c4)-c4ccccc4-c4nc6ccccc6cc4C5)cc3)ccc1Cc1cc3ccccc3nc1-2. The van der Waals surface area contributed by atoms with Crippen molar-refractivity contribution in [1.82, 2.24) is 9.97 Å². The van der Waals surface area contributed by atoms with Crippen LogP contribution < -0.4 is 0 Å². The van der Waals surface area contributed by atoms with E-state index < -0.39 is 0 Å². The fraction of sp³-hybridized carbons (Fsp3) is 0.0400. The highest BCUT2D eigenvalue weighted by Crippen LogP contribution is 2.44. The summed E-state index contributed by atoms with van der Waals surface area (Å²) < 4.78 is 0. The molecule has 242 valence electrons. The molecule has 0 amide bonds. The number of para-hydroxylation sites is 2. The van der Waals surface area contributed by atoms with Gasteiger partial charge in [0.25, 0.3) is 0 Å². The highest BCUT2D eigenvalue weighted by Gasteiger charge is 2.23. The number of hydrogen-bond donors (Lipinski definition) is 0. The average molecular weight is 661 g/mol. The molecule has 2 aliphatic carbocycles. The van der Waals surface area contributed by atoms with E-state index in [9.17, 15) is 0 Å². The number of fused-ring (bicyclic) bond motifs is 12. The molecule has 0 atom stereocenters. The first-order valence-electron chi connectivity index (χ1n) is 18.1. The van der Waals surface area contributed by atoms with Crippen molar-refractivity contribution in [3.8, 4) is 67.0 Å². The normalized spacial score (nSPS) is 12.5. The smallest absolute Gasteiger partial charge is 0.0751 e. The minimum Gasteiger partial charge on any atom is -0.247 e. The molecule has 9 aromatic rings. The standard InChI is InChI=1S/C50H32N2/c1-7-15-47-37(9-1)27-39-25-35-23-21-33(29-45(35)41-11-3-5-13-43(41)49(39)51-47)31-17-19-32(20-18-31)34-22-24-36-26-40-28-38-10-2-8-16-48(38)52-50(40)44-14-6-4-12-42(44)46(36)30-34/h1-24,27-30H,25-26H2. The van der Waals surface area contributed by atoms with Gasteiger partial charge in [-0.3, -0.25) is 0 Å². The minimum atomic E-state index is 0.857. The second kappa shape index (κ2) is 11.4. The third-order valence-electron chi connectivity index (χ3n) is 11.1. The molecular formula is C50H32N2. The van der Waals surface area contributed by atoms with Gasteiger partial charge in [0.2, 0.25) is 0 Å². The van der Waals surface area contributed by atoms with E-state index in [1.807, 2.05) is 0 Å². The molecule has 2 heteroatoms. The summed E-state index contributed by atoms with van der Waals surface area (Å²) in [7, 11) is 0. The van der Waals surface area contributed by atoms with E-state index >= 15 is 0 Å². The third-order valence-corrected chi connectivity index (χ3v) is 11.1. The zero-order valence-electron chi connectivity index (χ0n) is 28.5. The Bertz CT molecular complexity index is 2700. The fourth-order valence-electron chi connectivity index (χ4n) is 8.49. The second-order valence-corrected chi connectivity index (χ2v) is 14.1. The van der Waals surface area contributed by atoms with Crippen LogP contribution in [0.15, 0.2) is 170 Å². The van der Waals surface area contributed by atoms with Gasteiger partial charge >= 0.3 is 0 Å². The van der Waals surface area contributed by atoms with Crippen LogP contribution in [-0.4, -0.2) is 9.97 Å². The first kappa shape index (κ1) is 29.1. The van der Waals surface area contributed by atoms with Gasteiger partial charge in [0.15, 0.2) is 0 Å². The molecule has 0 bridgehead atoms. The molecular weight excluding hydrogens is 629 g/mol. The lowest BCUT2D eigenvalue weighted by molar-refractivity contribution is 1.19. The maximum absolute atomic E-state index is 5.18. The van der Waals surface area contributed by atoms with Gasteiger partial charge in [0.1, 0.15) is 0 Å². The van der Waals surface area contributed by atoms with Gasteiger partial charge in [-0.1, -0.05) is 133 Å². The van der Waals surface area contributed by atoms with Gasteiger partial charge in [-0.15, -0.1) is 0 Å². The number of benzene rings is 7. The molecule has 0 aliphatic heterocycles. The Labute approximate surface area is 302 Å². The lowest BCUT2D eigenvalue weighted by Gasteiger charge is -2.13. The van der Waals surface area contributed by atoms with Gasteiger partial charge in [-0.05, 0) is 103 Å². The molecule has 2 aromatic heterocycles. The summed E-state index contributed by atoms with van der Waals surface area (Å²) in [5.74, 6) is 0. The molecule has 7 aromatic carbocycles. The summed E-state index contributed by atoms with van der Waals surface area (Å²) in [5.41, 5.74) is 21.8. The van der Waals surface area contributed by atoms with Crippen molar-refractivity contribution >= 4 is 21.8 Å². The van der Waals surface area contributed by atoms with Crippen LogP contribution in [-0.2, 0) is 12.8 Å². The lowest BCUT2D eigenvalue weighted by atomic mass is 9.90. The molecule has 2 aliphatic rings. The van der Waals surface area contributed by atoms with E-state index in [1.54, 1.807) is 0 Å². The Balaban J connectivity index is 0.963. The van der Waals surface area contributed by atoms with Crippen LogP contribution in [0.5, 0.6) is 0 Å². The van der Waals surface area contributed by atoms with Gasteiger partial charge in [-0.25, -0.2) is 9.97 Å². The highest BCUT2D eigenvalue weighted by molar-refractivity contribution is 5.94. The summed E-state index contributed by atoms with van der Waals surface area (Å²) in [6.45, 7) is 0. The van der Waals surface area contributed by atoms with Gasteiger partial charge in [0.05, 0.1) is 22.4 Å². The lowest BCUT2D eigenvalue weighted by Crippen LogP contribution is -1.94. The van der Waals surface area contributed by atoms with Crippen LogP contribution in [0.2, 0.25) is 0 Å². The number of hydrogen-bond acceptors (Lipinski definition) is 2. The summed E-state index contributed by atoms with van der Waals surface area (Å²) in [4.78, 5) is 10.4. The molecule has 0 saturated heterocycles. The van der Waals surface area contributed by atoms with Crippen molar-refractivity contribution < 1.29 is 0 Å². The Hall–Kier alpha value is -6.64. The van der Waals surface area contributed by atoms with Gasteiger partial charge < -0.3 is 0 Å². The zero-order valence-corrected chi connectivity index (χ0v) is 28.5. The topological polar surface area (TPSA) is 25.8 Å². The van der Waals surface area contributed by atoms with E-state index in [0.717, 1.165) is 35.3 Å². The van der Waals surface area contributed by atoms with Crippen LogP contribution in [0.4, 0.5) is 0 Å². The van der Waals surface area contributed by atoms with Crippen LogP contribution in [0.3, 0.4) is 0 Å². The predicted octanol–water partition coefficient (Wildman–Crippen LogP) is 12.6. The molecule has 0 N–H and O–H groups in total. The first-order chi connectivity index (χ1) is 25.7.